The largest absolute Gasteiger partial charge is 0.374 e. The predicted molar refractivity (Wildman–Crippen MR) is 53.7 cm³/mol. The molecule has 14 heavy (non-hydrogen) atoms. The Labute approximate surface area is 83.9 Å². The first-order chi connectivity index (χ1) is 6.77. The molecule has 0 aliphatic carbocycles. The number of rotatable bonds is 1. The molecule has 1 saturated heterocycles. The van der Waals surface area contributed by atoms with Gasteiger partial charge in [-0.3, -0.25) is 0 Å². The van der Waals surface area contributed by atoms with Gasteiger partial charge in [-0.15, -0.1) is 0 Å². The highest BCUT2D eigenvalue weighted by Crippen LogP contribution is 2.29. The quantitative estimate of drug-likeness (QED) is 0.666. The average molecular weight is 194 g/mol. The fraction of sp³-hybridized carbons (Fsp3) is 0.500. The lowest BCUT2D eigenvalue weighted by molar-refractivity contribution is 0.0145. The first kappa shape index (κ1) is 9.66. The van der Waals surface area contributed by atoms with E-state index in [1.807, 2.05) is 13.0 Å². The third kappa shape index (κ3) is 1.95. The predicted octanol–water partition coefficient (Wildman–Crippen LogP) is 3.38. The Kier molecular flexibility index (Phi) is 2.82. The van der Waals surface area contributed by atoms with Crippen LogP contribution in [0.2, 0.25) is 0 Å². The summed E-state index contributed by atoms with van der Waals surface area (Å²) in [5.74, 6) is -0.165. The van der Waals surface area contributed by atoms with Crippen LogP contribution in [0.25, 0.3) is 0 Å². The zero-order valence-corrected chi connectivity index (χ0v) is 8.42. The molecule has 0 radical (unpaired) electrons. The molecule has 0 unspecified atom stereocenters. The molecule has 1 aliphatic heterocycles. The smallest absolute Gasteiger partial charge is 0.123 e. The molecule has 0 aromatic heterocycles. The zero-order chi connectivity index (χ0) is 9.97. The molecule has 1 aromatic carbocycles. The van der Waals surface area contributed by atoms with Crippen LogP contribution < -0.4 is 0 Å². The fourth-order valence-corrected chi connectivity index (χ4v) is 1.99. The highest BCUT2D eigenvalue weighted by molar-refractivity contribution is 5.28. The van der Waals surface area contributed by atoms with Crippen molar-refractivity contribution >= 4 is 0 Å². The molecule has 0 amide bonds. The number of ether oxygens (including phenoxy) is 1. The number of aryl methyl sites for hydroxylation is 1. The molecule has 76 valence electrons. The van der Waals surface area contributed by atoms with Gasteiger partial charge < -0.3 is 4.74 Å². The van der Waals surface area contributed by atoms with Crippen LogP contribution in [0.3, 0.4) is 0 Å². The maximum absolute atomic E-state index is 12.9. The Morgan fingerprint density at radius 2 is 2.21 bits per heavy atom. The molecule has 1 heterocycles. The summed E-state index contributed by atoms with van der Waals surface area (Å²) in [6.45, 7) is 2.78. The summed E-state index contributed by atoms with van der Waals surface area (Å²) < 4.78 is 18.5. The minimum Gasteiger partial charge on any atom is -0.374 e. The van der Waals surface area contributed by atoms with E-state index in [1.54, 1.807) is 6.07 Å². The third-order valence-corrected chi connectivity index (χ3v) is 2.76. The summed E-state index contributed by atoms with van der Waals surface area (Å²) in [7, 11) is 0. The van der Waals surface area contributed by atoms with Crippen molar-refractivity contribution in [3.8, 4) is 0 Å². The highest BCUT2D eigenvalue weighted by Gasteiger charge is 2.17. The lowest BCUT2D eigenvalue weighted by atomic mass is 9.97. The van der Waals surface area contributed by atoms with Gasteiger partial charge in [0.25, 0.3) is 0 Å². The Bertz CT molecular complexity index is 316. The SMILES string of the molecule is Cc1cc(F)ccc1[C@H]1CCCCO1. The van der Waals surface area contributed by atoms with Crippen molar-refractivity contribution in [3.63, 3.8) is 0 Å². The summed E-state index contributed by atoms with van der Waals surface area (Å²) in [6.07, 6.45) is 3.61. The third-order valence-electron chi connectivity index (χ3n) is 2.76. The van der Waals surface area contributed by atoms with E-state index in [0.717, 1.165) is 30.6 Å². The fourth-order valence-electron chi connectivity index (χ4n) is 1.99. The minimum atomic E-state index is -0.165. The number of benzene rings is 1. The molecule has 1 nitrogen and oxygen atoms in total. The summed E-state index contributed by atoms with van der Waals surface area (Å²) in [4.78, 5) is 0. The lowest BCUT2D eigenvalue weighted by Gasteiger charge is -2.24. The van der Waals surface area contributed by atoms with Crippen LogP contribution in [0, 0.1) is 12.7 Å². The van der Waals surface area contributed by atoms with Gasteiger partial charge in [-0.1, -0.05) is 6.07 Å². The van der Waals surface area contributed by atoms with Crippen LogP contribution in [-0.2, 0) is 4.74 Å². The van der Waals surface area contributed by atoms with Crippen molar-refractivity contribution in [2.45, 2.75) is 32.3 Å². The number of hydrogen-bond acceptors (Lipinski definition) is 1. The monoisotopic (exact) mass is 194 g/mol. The van der Waals surface area contributed by atoms with Gasteiger partial charge in [-0.25, -0.2) is 4.39 Å². The van der Waals surface area contributed by atoms with E-state index >= 15 is 0 Å². The second-order valence-corrected chi connectivity index (χ2v) is 3.86. The zero-order valence-electron chi connectivity index (χ0n) is 8.42. The van der Waals surface area contributed by atoms with Crippen molar-refractivity contribution in [2.75, 3.05) is 6.61 Å². The molecule has 1 fully saturated rings. The van der Waals surface area contributed by atoms with Crippen molar-refractivity contribution in [1.82, 2.24) is 0 Å². The average Bonchev–Trinajstić information content (AvgIpc) is 2.19. The van der Waals surface area contributed by atoms with Gasteiger partial charge in [0.15, 0.2) is 0 Å². The van der Waals surface area contributed by atoms with E-state index < -0.39 is 0 Å². The van der Waals surface area contributed by atoms with Gasteiger partial charge in [0.05, 0.1) is 6.10 Å². The first-order valence-electron chi connectivity index (χ1n) is 5.15. The van der Waals surface area contributed by atoms with Gasteiger partial charge in [-0.2, -0.15) is 0 Å². The van der Waals surface area contributed by atoms with E-state index in [1.165, 1.54) is 12.5 Å². The van der Waals surface area contributed by atoms with E-state index in [-0.39, 0.29) is 11.9 Å². The van der Waals surface area contributed by atoms with Crippen LogP contribution >= 0.6 is 0 Å². The van der Waals surface area contributed by atoms with Gasteiger partial charge in [0.1, 0.15) is 5.82 Å². The van der Waals surface area contributed by atoms with Crippen molar-refractivity contribution in [3.05, 3.63) is 35.1 Å². The number of halogens is 1. The lowest BCUT2D eigenvalue weighted by Crippen LogP contribution is -2.12. The topological polar surface area (TPSA) is 9.23 Å². The van der Waals surface area contributed by atoms with Gasteiger partial charge in [0, 0.05) is 6.61 Å². The van der Waals surface area contributed by atoms with Gasteiger partial charge in [0.2, 0.25) is 0 Å². The van der Waals surface area contributed by atoms with Crippen LogP contribution in [0.5, 0.6) is 0 Å². The molecule has 1 aromatic rings. The molecule has 0 bridgehead atoms. The van der Waals surface area contributed by atoms with Gasteiger partial charge in [-0.05, 0) is 49.4 Å². The van der Waals surface area contributed by atoms with Gasteiger partial charge >= 0.3 is 0 Å². The maximum atomic E-state index is 12.9. The molecule has 1 atom stereocenters. The van der Waals surface area contributed by atoms with Crippen molar-refractivity contribution in [1.29, 1.82) is 0 Å². The normalized spacial score (nSPS) is 22.3. The molecule has 0 saturated carbocycles. The van der Waals surface area contributed by atoms with Crippen LogP contribution in [0.4, 0.5) is 4.39 Å². The van der Waals surface area contributed by atoms with Crippen molar-refractivity contribution < 1.29 is 9.13 Å². The summed E-state index contributed by atoms with van der Waals surface area (Å²) in [5.41, 5.74) is 2.14. The number of hydrogen-bond donors (Lipinski definition) is 0. The van der Waals surface area contributed by atoms with E-state index in [0.29, 0.717) is 0 Å². The summed E-state index contributed by atoms with van der Waals surface area (Å²) in [5, 5.41) is 0. The molecule has 0 N–H and O–H groups in total. The van der Waals surface area contributed by atoms with Crippen LogP contribution in [-0.4, -0.2) is 6.61 Å². The Morgan fingerprint density at radius 1 is 1.36 bits per heavy atom. The van der Waals surface area contributed by atoms with E-state index in [9.17, 15) is 4.39 Å². The molecule has 2 heteroatoms. The summed E-state index contributed by atoms with van der Waals surface area (Å²) in [6, 6.07) is 4.94. The second kappa shape index (κ2) is 4.09. The second-order valence-electron chi connectivity index (χ2n) is 3.86. The highest BCUT2D eigenvalue weighted by atomic mass is 19.1. The summed E-state index contributed by atoms with van der Waals surface area (Å²) >= 11 is 0. The van der Waals surface area contributed by atoms with Crippen LogP contribution in [0.15, 0.2) is 18.2 Å². The Balaban J connectivity index is 2.22. The Hall–Kier alpha value is -0.890. The maximum Gasteiger partial charge on any atom is 0.123 e. The van der Waals surface area contributed by atoms with E-state index in [4.69, 9.17) is 4.74 Å². The molecule has 2 rings (SSSR count). The molecular weight excluding hydrogens is 179 g/mol. The first-order valence-corrected chi connectivity index (χ1v) is 5.15. The van der Waals surface area contributed by atoms with E-state index in [2.05, 4.69) is 0 Å². The van der Waals surface area contributed by atoms with Crippen molar-refractivity contribution in [2.24, 2.45) is 0 Å². The Morgan fingerprint density at radius 3 is 2.86 bits per heavy atom. The molecule has 1 aliphatic rings. The molecular formula is C12H15FO. The van der Waals surface area contributed by atoms with Crippen LogP contribution in [0.1, 0.15) is 36.5 Å². The standard InChI is InChI=1S/C12H15FO/c1-9-8-10(13)5-6-11(9)12-4-2-3-7-14-12/h5-6,8,12H,2-4,7H2,1H3/t12-/m1/s1. The molecule has 0 spiro atoms. The minimum absolute atomic E-state index is 0.165.